The Morgan fingerprint density at radius 3 is 2.64 bits per heavy atom. The minimum Gasteiger partial charge on any atom is -0.352 e. The van der Waals surface area contributed by atoms with Gasteiger partial charge in [0.05, 0.1) is 0 Å². The Morgan fingerprint density at radius 2 is 1.95 bits per heavy atom. The zero-order valence-electron chi connectivity index (χ0n) is 13.4. The van der Waals surface area contributed by atoms with E-state index in [1.165, 1.54) is 35.4 Å². The average molecular weight is 296 g/mol. The van der Waals surface area contributed by atoms with E-state index in [1.807, 2.05) is 18.2 Å². The molecule has 22 heavy (non-hydrogen) atoms. The van der Waals surface area contributed by atoms with Crippen molar-refractivity contribution in [2.24, 2.45) is 0 Å². The highest BCUT2D eigenvalue weighted by Gasteiger charge is 2.26. The minimum atomic E-state index is 0.125. The number of hydrogen-bond donors (Lipinski definition) is 1. The Hall–Kier alpha value is -2.03. The van der Waals surface area contributed by atoms with Crippen LogP contribution in [0, 0.1) is 13.8 Å². The first-order valence-electron chi connectivity index (χ1n) is 8.13. The lowest BCUT2D eigenvalue weighted by molar-refractivity contribution is -0.121. The zero-order valence-corrected chi connectivity index (χ0v) is 13.4. The number of carbonyl (C=O) groups excluding carboxylic acids is 1. The van der Waals surface area contributed by atoms with E-state index in [4.69, 9.17) is 0 Å². The van der Waals surface area contributed by atoms with Crippen LogP contribution in [-0.4, -0.2) is 10.5 Å². The summed E-state index contributed by atoms with van der Waals surface area (Å²) in [5, 5.41) is 3.06. The molecule has 1 amide bonds. The SMILES string of the molecule is Cc1cc(CNC(=O)CCc2ccccc2)c(C)n1C1CC1. The highest BCUT2D eigenvalue weighted by atomic mass is 16.1. The van der Waals surface area contributed by atoms with Crippen LogP contribution in [0.4, 0.5) is 0 Å². The fourth-order valence-corrected chi connectivity index (χ4v) is 3.10. The number of nitrogens with zero attached hydrogens (tertiary/aromatic N) is 1. The van der Waals surface area contributed by atoms with Crippen LogP contribution < -0.4 is 5.32 Å². The van der Waals surface area contributed by atoms with Gasteiger partial charge in [-0.3, -0.25) is 4.79 Å². The molecule has 0 bridgehead atoms. The van der Waals surface area contributed by atoms with Crippen LogP contribution >= 0.6 is 0 Å². The number of hydrogen-bond acceptors (Lipinski definition) is 1. The number of benzene rings is 1. The van der Waals surface area contributed by atoms with E-state index in [0.29, 0.717) is 19.0 Å². The second kappa shape index (κ2) is 6.39. The maximum atomic E-state index is 12.0. The summed E-state index contributed by atoms with van der Waals surface area (Å²) in [6.45, 7) is 4.96. The molecule has 0 radical (unpaired) electrons. The molecule has 1 aromatic carbocycles. The second-order valence-electron chi connectivity index (χ2n) is 6.26. The number of carbonyl (C=O) groups is 1. The van der Waals surface area contributed by atoms with Crippen LogP contribution in [-0.2, 0) is 17.8 Å². The van der Waals surface area contributed by atoms with Gasteiger partial charge in [0.25, 0.3) is 0 Å². The molecular weight excluding hydrogens is 272 g/mol. The van der Waals surface area contributed by atoms with Gasteiger partial charge in [-0.1, -0.05) is 30.3 Å². The van der Waals surface area contributed by atoms with E-state index in [0.717, 1.165) is 6.42 Å². The topological polar surface area (TPSA) is 34.0 Å². The predicted molar refractivity (Wildman–Crippen MR) is 88.8 cm³/mol. The first-order valence-corrected chi connectivity index (χ1v) is 8.13. The molecule has 1 N–H and O–H groups in total. The minimum absolute atomic E-state index is 0.125. The molecule has 1 heterocycles. The van der Waals surface area contributed by atoms with Gasteiger partial charge in [-0.25, -0.2) is 0 Å². The van der Waals surface area contributed by atoms with Crippen molar-refractivity contribution in [3.63, 3.8) is 0 Å². The lowest BCUT2D eigenvalue weighted by atomic mass is 10.1. The van der Waals surface area contributed by atoms with E-state index < -0.39 is 0 Å². The Bertz CT molecular complexity index is 654. The van der Waals surface area contributed by atoms with Gasteiger partial charge in [-0.2, -0.15) is 0 Å². The van der Waals surface area contributed by atoms with Crippen LogP contribution in [0.1, 0.15) is 47.8 Å². The Morgan fingerprint density at radius 1 is 1.23 bits per heavy atom. The second-order valence-corrected chi connectivity index (χ2v) is 6.26. The van der Waals surface area contributed by atoms with E-state index in [-0.39, 0.29) is 5.91 Å². The summed E-state index contributed by atoms with van der Waals surface area (Å²) in [6.07, 6.45) is 3.93. The number of aryl methyl sites for hydroxylation is 2. The Kier molecular flexibility index (Phi) is 4.32. The van der Waals surface area contributed by atoms with Crippen molar-refractivity contribution in [3.05, 3.63) is 58.9 Å². The summed E-state index contributed by atoms with van der Waals surface area (Å²) < 4.78 is 2.42. The largest absolute Gasteiger partial charge is 0.352 e. The summed E-state index contributed by atoms with van der Waals surface area (Å²) in [4.78, 5) is 12.0. The molecule has 0 spiro atoms. The highest BCUT2D eigenvalue weighted by Crippen LogP contribution is 2.38. The molecule has 3 heteroatoms. The van der Waals surface area contributed by atoms with E-state index in [1.54, 1.807) is 0 Å². The summed E-state index contributed by atoms with van der Waals surface area (Å²) in [7, 11) is 0. The van der Waals surface area contributed by atoms with Crippen molar-refractivity contribution in [2.45, 2.75) is 52.1 Å². The van der Waals surface area contributed by atoms with E-state index in [9.17, 15) is 4.79 Å². The van der Waals surface area contributed by atoms with Crippen LogP contribution in [0.15, 0.2) is 36.4 Å². The highest BCUT2D eigenvalue weighted by molar-refractivity contribution is 5.76. The molecule has 0 aliphatic heterocycles. The molecule has 2 aromatic rings. The van der Waals surface area contributed by atoms with Gasteiger partial charge >= 0.3 is 0 Å². The quantitative estimate of drug-likeness (QED) is 0.866. The van der Waals surface area contributed by atoms with Crippen LogP contribution in [0.25, 0.3) is 0 Å². The first-order chi connectivity index (χ1) is 10.6. The lowest BCUT2D eigenvalue weighted by Gasteiger charge is -2.09. The van der Waals surface area contributed by atoms with Crippen molar-refractivity contribution >= 4 is 5.91 Å². The fraction of sp³-hybridized carbons (Fsp3) is 0.421. The molecule has 3 nitrogen and oxygen atoms in total. The molecule has 0 atom stereocenters. The van der Waals surface area contributed by atoms with Gasteiger partial charge in [-0.05, 0) is 50.3 Å². The molecule has 0 unspecified atom stereocenters. The normalized spacial score (nSPS) is 14.1. The van der Waals surface area contributed by atoms with Crippen molar-refractivity contribution in [3.8, 4) is 0 Å². The molecule has 1 aromatic heterocycles. The summed E-state index contributed by atoms with van der Waals surface area (Å²) in [6, 6.07) is 13.1. The molecule has 1 saturated carbocycles. The van der Waals surface area contributed by atoms with Gasteiger partial charge in [0, 0.05) is 30.4 Å². The maximum absolute atomic E-state index is 12.0. The lowest BCUT2D eigenvalue weighted by Crippen LogP contribution is -2.23. The first kappa shape index (κ1) is 14.9. The zero-order chi connectivity index (χ0) is 15.5. The molecule has 1 aliphatic rings. The third-order valence-electron chi connectivity index (χ3n) is 4.46. The summed E-state index contributed by atoms with van der Waals surface area (Å²) in [5.74, 6) is 0.125. The van der Waals surface area contributed by atoms with Crippen molar-refractivity contribution in [2.75, 3.05) is 0 Å². The molecule has 116 valence electrons. The maximum Gasteiger partial charge on any atom is 0.220 e. The van der Waals surface area contributed by atoms with Gasteiger partial charge < -0.3 is 9.88 Å². The number of rotatable bonds is 6. The van der Waals surface area contributed by atoms with Gasteiger partial charge in [-0.15, -0.1) is 0 Å². The van der Waals surface area contributed by atoms with Crippen molar-refractivity contribution < 1.29 is 4.79 Å². The smallest absolute Gasteiger partial charge is 0.220 e. The summed E-state index contributed by atoms with van der Waals surface area (Å²) >= 11 is 0. The molecule has 3 rings (SSSR count). The molecule has 0 saturated heterocycles. The van der Waals surface area contributed by atoms with E-state index in [2.05, 4.69) is 41.9 Å². The third kappa shape index (κ3) is 3.41. The van der Waals surface area contributed by atoms with Crippen molar-refractivity contribution in [1.29, 1.82) is 0 Å². The predicted octanol–water partition coefficient (Wildman–Crippen LogP) is 3.69. The average Bonchev–Trinajstić information content (AvgIpc) is 3.31. The number of amides is 1. The molecule has 1 fully saturated rings. The van der Waals surface area contributed by atoms with Crippen LogP contribution in [0.5, 0.6) is 0 Å². The Balaban J connectivity index is 1.52. The van der Waals surface area contributed by atoms with Crippen LogP contribution in [0.3, 0.4) is 0 Å². The van der Waals surface area contributed by atoms with Crippen molar-refractivity contribution in [1.82, 2.24) is 9.88 Å². The summed E-state index contributed by atoms with van der Waals surface area (Å²) in [5.41, 5.74) is 5.08. The number of aromatic nitrogens is 1. The standard InChI is InChI=1S/C19H24N2O/c1-14-12-17(15(2)21(14)18-9-10-18)13-20-19(22)11-8-16-6-4-3-5-7-16/h3-7,12,18H,8-11,13H2,1-2H3,(H,20,22). The van der Waals surface area contributed by atoms with Crippen LogP contribution in [0.2, 0.25) is 0 Å². The van der Waals surface area contributed by atoms with Gasteiger partial charge in [0.1, 0.15) is 0 Å². The number of nitrogens with one attached hydrogen (secondary N) is 1. The van der Waals surface area contributed by atoms with E-state index >= 15 is 0 Å². The monoisotopic (exact) mass is 296 g/mol. The third-order valence-corrected chi connectivity index (χ3v) is 4.46. The fourth-order valence-electron chi connectivity index (χ4n) is 3.10. The molecule has 1 aliphatic carbocycles. The van der Waals surface area contributed by atoms with Gasteiger partial charge in [0.15, 0.2) is 0 Å². The molecular formula is C19H24N2O. The van der Waals surface area contributed by atoms with Gasteiger partial charge in [0.2, 0.25) is 5.91 Å². The Labute approximate surface area is 132 Å².